The first-order chi connectivity index (χ1) is 10.1. The number of halogens is 1. The minimum atomic E-state index is 0. The molecule has 3 heteroatoms. The molecule has 0 heterocycles. The summed E-state index contributed by atoms with van der Waals surface area (Å²) in [7, 11) is 0. The van der Waals surface area contributed by atoms with Gasteiger partial charge in [0, 0.05) is 0 Å². The third-order valence-electron chi connectivity index (χ3n) is 8.29. The molecule has 0 unspecified atom stereocenters. The van der Waals surface area contributed by atoms with Crippen LogP contribution < -0.4 is 0 Å². The van der Waals surface area contributed by atoms with Gasteiger partial charge in [0.05, 0.1) is 0 Å². The normalized spacial score (nSPS) is 48.4. The first-order valence-electron chi connectivity index (χ1n) is 9.29. The van der Waals surface area contributed by atoms with Crippen LogP contribution in [0.4, 0.5) is 0 Å². The van der Waals surface area contributed by atoms with Crippen molar-refractivity contribution in [2.24, 2.45) is 59.2 Å². The van der Waals surface area contributed by atoms with Gasteiger partial charge in [0.15, 0.2) is 0 Å². The van der Waals surface area contributed by atoms with Gasteiger partial charge in [-0.15, -0.1) is 12.4 Å². The number of hydrogen-bond donors (Lipinski definition) is 0. The Morgan fingerprint density at radius 1 is 0.348 bits per heavy atom. The molecule has 2 fully saturated rings. The van der Waals surface area contributed by atoms with Crippen molar-refractivity contribution in [1.82, 2.24) is 0 Å². The second-order valence-electron chi connectivity index (χ2n) is 8.59. The van der Waals surface area contributed by atoms with E-state index in [1.165, 1.54) is 0 Å². The van der Waals surface area contributed by atoms with Crippen LogP contribution in [-0.2, 0) is 24.3 Å². The van der Waals surface area contributed by atoms with Crippen LogP contribution in [0.3, 0.4) is 0 Å². The molecule has 0 N–H and O–H groups in total. The Kier molecular flexibility index (Phi) is 13.0. The fourth-order valence-electron chi connectivity index (χ4n) is 4.79. The van der Waals surface area contributed by atoms with Crippen LogP contribution >= 0.6 is 12.4 Å². The molecule has 0 atom stereocenters. The predicted octanol–water partition coefficient (Wildman–Crippen LogP) is 6.66. The van der Waals surface area contributed by atoms with E-state index >= 15 is 0 Å². The fraction of sp³-hybridized carbons (Fsp3) is 1.00. The topological polar surface area (TPSA) is 17.1 Å². The van der Waals surface area contributed by atoms with Crippen LogP contribution in [0.5, 0.6) is 0 Å². The van der Waals surface area contributed by atoms with Crippen molar-refractivity contribution in [1.29, 1.82) is 0 Å². The maximum atomic E-state index is 8.36. The molecule has 0 amide bonds. The fourth-order valence-corrected chi connectivity index (χ4v) is 4.79. The van der Waals surface area contributed by atoms with Gasteiger partial charge in [0.25, 0.3) is 0 Å². The number of hydrogen-bond acceptors (Lipinski definition) is 1. The molecule has 23 heavy (non-hydrogen) atoms. The van der Waals surface area contributed by atoms with Crippen LogP contribution in [0.2, 0.25) is 0 Å². The van der Waals surface area contributed by atoms with Crippen molar-refractivity contribution in [3.05, 3.63) is 0 Å². The van der Waals surface area contributed by atoms with Gasteiger partial charge in [-0.3, -0.25) is 0 Å². The van der Waals surface area contributed by atoms with E-state index in [1.807, 2.05) is 0 Å². The molecular formula is C20H41ClOTa. The zero-order valence-corrected chi connectivity index (χ0v) is 21.1. The van der Waals surface area contributed by atoms with Gasteiger partial charge in [-0.05, 0) is 59.2 Å². The van der Waals surface area contributed by atoms with E-state index in [9.17, 15) is 0 Å². The summed E-state index contributed by atoms with van der Waals surface area (Å²) in [5.74, 6) is 9.35. The van der Waals surface area contributed by atoms with Crippen LogP contribution in [0, 0.1) is 59.2 Å². The third kappa shape index (κ3) is 5.94. The van der Waals surface area contributed by atoms with E-state index in [1.54, 1.807) is 0 Å². The molecule has 2 aliphatic carbocycles. The second-order valence-corrected chi connectivity index (χ2v) is 8.59. The van der Waals surface area contributed by atoms with Crippen molar-refractivity contribution in [2.75, 3.05) is 0 Å². The Morgan fingerprint density at radius 3 is 0.435 bits per heavy atom. The van der Waals surface area contributed by atoms with Gasteiger partial charge in [-0.1, -0.05) is 69.2 Å². The van der Waals surface area contributed by atoms with Crippen LogP contribution in [-0.4, -0.2) is 0 Å². The monoisotopic (exact) mass is 513 g/mol. The van der Waals surface area contributed by atoms with Crippen molar-refractivity contribution in [3.63, 3.8) is 0 Å². The first-order valence-corrected chi connectivity index (χ1v) is 10.6. The summed E-state index contributed by atoms with van der Waals surface area (Å²) in [6.45, 7) is 24.0. The maximum absolute atomic E-state index is 8.36. The van der Waals surface area contributed by atoms with Gasteiger partial charge in [-0.2, -0.15) is 0 Å². The van der Waals surface area contributed by atoms with E-state index in [0.717, 1.165) is 59.2 Å². The average molecular weight is 514 g/mol. The van der Waals surface area contributed by atoms with Gasteiger partial charge in [0.1, 0.15) is 0 Å². The Morgan fingerprint density at radius 2 is 0.391 bits per heavy atom. The van der Waals surface area contributed by atoms with Crippen molar-refractivity contribution in [2.45, 2.75) is 69.2 Å². The van der Waals surface area contributed by atoms with Crippen LogP contribution in [0.25, 0.3) is 0 Å². The third-order valence-corrected chi connectivity index (χ3v) is 8.29. The molecule has 0 bridgehead atoms. The van der Waals surface area contributed by atoms with Gasteiger partial charge in [-0.25, -0.2) is 0 Å². The summed E-state index contributed by atoms with van der Waals surface area (Å²) in [5, 5.41) is 0. The molecule has 139 valence electrons. The summed E-state index contributed by atoms with van der Waals surface area (Å²) < 4.78 is 8.36. The molecule has 0 aromatic carbocycles. The first kappa shape index (κ1) is 26.1. The summed E-state index contributed by atoms with van der Waals surface area (Å²) in [4.78, 5) is 0. The summed E-state index contributed by atoms with van der Waals surface area (Å²) >= 11 is 0.194. The molecule has 1 nitrogen and oxygen atoms in total. The predicted molar refractivity (Wildman–Crippen MR) is 99.6 cm³/mol. The standard InChI is InChI=1S/2C10H20.ClH.O.Ta/c2*1-6-7(2)9(4)10(5)8(6)3;;;/h2*6-10H,1-5H3;1H;;. The van der Waals surface area contributed by atoms with E-state index in [0.29, 0.717) is 0 Å². The Hall–Kier alpha value is 0.830. The van der Waals surface area contributed by atoms with E-state index in [4.69, 9.17) is 3.25 Å². The Labute approximate surface area is 164 Å². The average Bonchev–Trinajstić information content (AvgIpc) is 2.81. The quantitative estimate of drug-likeness (QED) is 0.354. The van der Waals surface area contributed by atoms with Gasteiger partial charge < -0.3 is 0 Å². The second kappa shape index (κ2) is 11.4. The molecule has 2 saturated carbocycles. The van der Waals surface area contributed by atoms with E-state index in [-0.39, 0.29) is 33.4 Å². The Balaban J connectivity index is 0. The molecule has 0 aromatic rings. The van der Waals surface area contributed by atoms with Gasteiger partial charge in [0.2, 0.25) is 0 Å². The minimum absolute atomic E-state index is 0. The van der Waals surface area contributed by atoms with Crippen molar-refractivity contribution < 1.29 is 24.3 Å². The van der Waals surface area contributed by atoms with E-state index in [2.05, 4.69) is 69.2 Å². The van der Waals surface area contributed by atoms with Crippen molar-refractivity contribution in [3.8, 4) is 0 Å². The molecule has 0 saturated heterocycles. The summed E-state index contributed by atoms with van der Waals surface area (Å²) in [6, 6.07) is 0. The van der Waals surface area contributed by atoms with Crippen molar-refractivity contribution >= 4 is 12.4 Å². The molecule has 0 radical (unpaired) electrons. The molecular weight excluding hydrogens is 473 g/mol. The summed E-state index contributed by atoms with van der Waals surface area (Å²) in [5.41, 5.74) is 0. The number of rotatable bonds is 0. The molecule has 0 aliphatic heterocycles. The van der Waals surface area contributed by atoms with Crippen LogP contribution in [0.15, 0.2) is 0 Å². The Bertz CT molecular complexity index is 205. The van der Waals surface area contributed by atoms with Crippen LogP contribution in [0.1, 0.15) is 69.2 Å². The summed E-state index contributed by atoms with van der Waals surface area (Å²) in [6.07, 6.45) is 0. The zero-order valence-electron chi connectivity index (χ0n) is 17.0. The SMILES string of the molecule is CC1C(C)C(C)C(C)C1C.CC1C(C)C(C)C(C)C1C.Cl.[O]=[Ta]. The van der Waals surface area contributed by atoms with Gasteiger partial charge >= 0.3 is 24.3 Å². The van der Waals surface area contributed by atoms with E-state index < -0.39 is 0 Å². The molecule has 0 spiro atoms. The molecule has 2 aliphatic rings. The molecule has 2 rings (SSSR count). The molecule has 0 aromatic heterocycles. The zero-order chi connectivity index (χ0) is 17.8.